The highest BCUT2D eigenvalue weighted by Gasteiger charge is 2.21. The largest absolute Gasteiger partial charge is 0.326 e. The molecule has 0 bridgehead atoms. The van der Waals surface area contributed by atoms with Crippen LogP contribution in [0.5, 0.6) is 0 Å². The lowest BCUT2D eigenvalue weighted by molar-refractivity contribution is -0.120. The molecule has 0 unspecified atom stereocenters. The van der Waals surface area contributed by atoms with Crippen molar-refractivity contribution in [3.63, 3.8) is 0 Å². The monoisotopic (exact) mass is 324 g/mol. The number of hydrogen-bond acceptors (Lipinski definition) is 3. The topological polar surface area (TPSA) is 59.8 Å². The number of carbonyl (C=O) groups is 1. The number of benzene rings is 1. The van der Waals surface area contributed by atoms with Crippen LogP contribution in [0.1, 0.15) is 50.8 Å². The van der Waals surface area contributed by atoms with E-state index in [1.807, 2.05) is 24.3 Å². The number of amides is 1. The van der Waals surface area contributed by atoms with Crippen LogP contribution in [-0.2, 0) is 17.8 Å². The normalized spacial score (nSPS) is 18.2. The minimum absolute atomic E-state index is 0.169. The zero-order valence-electron chi connectivity index (χ0n) is 14.0. The molecule has 0 spiro atoms. The number of anilines is 1. The van der Waals surface area contributed by atoms with Gasteiger partial charge < -0.3 is 9.88 Å². The van der Waals surface area contributed by atoms with Crippen molar-refractivity contribution in [1.29, 1.82) is 0 Å². The van der Waals surface area contributed by atoms with Gasteiger partial charge in [0.05, 0.1) is 0 Å². The summed E-state index contributed by atoms with van der Waals surface area (Å²) in [6.07, 6.45) is 9.07. The van der Waals surface area contributed by atoms with Gasteiger partial charge in [-0.1, -0.05) is 19.3 Å². The van der Waals surface area contributed by atoms with E-state index in [1.165, 1.54) is 32.1 Å². The average Bonchev–Trinajstić information content (AvgIpc) is 3.07. The summed E-state index contributed by atoms with van der Waals surface area (Å²) in [5, 5.41) is 11.7. The van der Waals surface area contributed by atoms with E-state index in [9.17, 15) is 4.79 Å². The summed E-state index contributed by atoms with van der Waals surface area (Å²) < 4.78 is 2.22. The van der Waals surface area contributed by atoms with E-state index in [1.54, 1.807) is 0 Å². The summed E-state index contributed by atoms with van der Waals surface area (Å²) in [5.41, 5.74) is 1.93. The van der Waals surface area contributed by atoms with Crippen LogP contribution in [0.3, 0.4) is 0 Å². The van der Waals surface area contributed by atoms with Gasteiger partial charge in [-0.2, -0.15) is 0 Å². The molecule has 2 heterocycles. The summed E-state index contributed by atoms with van der Waals surface area (Å²) in [7, 11) is 0. The Kier molecular flexibility index (Phi) is 4.32. The molecule has 2 aromatic rings. The Balaban J connectivity index is 1.46. The predicted octanol–water partition coefficient (Wildman–Crippen LogP) is 3.80. The van der Waals surface area contributed by atoms with E-state index in [0.29, 0.717) is 0 Å². The Morgan fingerprint density at radius 1 is 1.00 bits per heavy atom. The van der Waals surface area contributed by atoms with Crippen LogP contribution in [-0.4, -0.2) is 20.7 Å². The zero-order valence-corrected chi connectivity index (χ0v) is 14.0. The van der Waals surface area contributed by atoms with Crippen LogP contribution in [0.25, 0.3) is 11.4 Å². The third-order valence-electron chi connectivity index (χ3n) is 5.25. The van der Waals surface area contributed by atoms with Crippen LogP contribution in [0, 0.1) is 5.92 Å². The van der Waals surface area contributed by atoms with Gasteiger partial charge in [0.2, 0.25) is 5.91 Å². The van der Waals surface area contributed by atoms with Gasteiger partial charge in [-0.3, -0.25) is 4.79 Å². The fourth-order valence-electron chi connectivity index (χ4n) is 3.83. The standard InChI is InChI=1S/C19H24N4O/c24-19(15-6-2-1-3-7-15)20-16-11-9-14(10-12-16)18-22-21-17-8-4-5-13-23(17)18/h9-12,15H,1-8,13H2,(H,20,24). The lowest BCUT2D eigenvalue weighted by Gasteiger charge is -2.20. The summed E-state index contributed by atoms with van der Waals surface area (Å²) in [6, 6.07) is 8.01. The Morgan fingerprint density at radius 2 is 1.79 bits per heavy atom. The third-order valence-corrected chi connectivity index (χ3v) is 5.25. The lowest BCUT2D eigenvalue weighted by Crippen LogP contribution is -2.24. The minimum Gasteiger partial charge on any atom is -0.326 e. The van der Waals surface area contributed by atoms with Gasteiger partial charge in [0.1, 0.15) is 5.82 Å². The van der Waals surface area contributed by atoms with Crippen molar-refractivity contribution in [1.82, 2.24) is 14.8 Å². The molecule has 0 saturated heterocycles. The van der Waals surface area contributed by atoms with Crippen molar-refractivity contribution >= 4 is 11.6 Å². The second-order valence-corrected chi connectivity index (χ2v) is 6.95. The molecule has 1 aromatic carbocycles. The summed E-state index contributed by atoms with van der Waals surface area (Å²) >= 11 is 0. The van der Waals surface area contributed by atoms with Crippen LogP contribution in [0.4, 0.5) is 5.69 Å². The Bertz CT molecular complexity index is 713. The molecule has 5 heteroatoms. The fraction of sp³-hybridized carbons (Fsp3) is 0.526. The fourth-order valence-corrected chi connectivity index (χ4v) is 3.83. The van der Waals surface area contributed by atoms with Gasteiger partial charge in [-0.25, -0.2) is 0 Å². The van der Waals surface area contributed by atoms with Crippen molar-refractivity contribution in [3.05, 3.63) is 30.1 Å². The number of nitrogens with zero attached hydrogens (tertiary/aromatic N) is 3. The molecule has 1 aromatic heterocycles. The van der Waals surface area contributed by atoms with Gasteiger partial charge >= 0.3 is 0 Å². The van der Waals surface area contributed by atoms with Crippen LogP contribution >= 0.6 is 0 Å². The number of nitrogens with one attached hydrogen (secondary N) is 1. The highest BCUT2D eigenvalue weighted by molar-refractivity contribution is 5.92. The number of rotatable bonds is 3. The second-order valence-electron chi connectivity index (χ2n) is 6.95. The molecule has 0 atom stereocenters. The van der Waals surface area contributed by atoms with Crippen LogP contribution < -0.4 is 5.32 Å². The van der Waals surface area contributed by atoms with Crippen LogP contribution in [0.15, 0.2) is 24.3 Å². The number of aromatic nitrogens is 3. The smallest absolute Gasteiger partial charge is 0.227 e. The minimum atomic E-state index is 0.169. The number of aryl methyl sites for hydroxylation is 1. The van der Waals surface area contributed by atoms with Crippen molar-refractivity contribution < 1.29 is 4.79 Å². The first-order chi connectivity index (χ1) is 11.8. The Morgan fingerprint density at radius 3 is 2.58 bits per heavy atom. The first kappa shape index (κ1) is 15.4. The Hall–Kier alpha value is -2.17. The summed E-state index contributed by atoms with van der Waals surface area (Å²) in [5.74, 6) is 2.38. The SMILES string of the molecule is O=C(Nc1ccc(-c2nnc3n2CCCC3)cc1)C1CCCCC1. The molecular formula is C19H24N4O. The van der Waals surface area contributed by atoms with E-state index in [-0.39, 0.29) is 11.8 Å². The molecule has 1 aliphatic heterocycles. The highest BCUT2D eigenvalue weighted by Crippen LogP contribution is 2.27. The van der Waals surface area contributed by atoms with E-state index >= 15 is 0 Å². The van der Waals surface area contributed by atoms with Gasteiger partial charge in [0.25, 0.3) is 0 Å². The van der Waals surface area contributed by atoms with E-state index < -0.39 is 0 Å². The predicted molar refractivity (Wildman–Crippen MR) is 93.6 cm³/mol. The summed E-state index contributed by atoms with van der Waals surface area (Å²) in [4.78, 5) is 12.3. The highest BCUT2D eigenvalue weighted by atomic mass is 16.1. The average molecular weight is 324 g/mol. The molecule has 0 radical (unpaired) electrons. The molecule has 1 saturated carbocycles. The molecule has 1 fully saturated rings. The maximum Gasteiger partial charge on any atom is 0.227 e. The molecule has 1 amide bonds. The van der Waals surface area contributed by atoms with Crippen molar-refractivity contribution in [2.24, 2.45) is 5.92 Å². The maximum atomic E-state index is 12.3. The maximum absolute atomic E-state index is 12.3. The van der Waals surface area contributed by atoms with Crippen molar-refractivity contribution in [3.8, 4) is 11.4 Å². The molecule has 1 aliphatic carbocycles. The molecule has 126 valence electrons. The summed E-state index contributed by atoms with van der Waals surface area (Å²) in [6.45, 7) is 0.998. The number of fused-ring (bicyclic) bond motifs is 1. The van der Waals surface area contributed by atoms with E-state index in [2.05, 4.69) is 20.1 Å². The molecule has 1 N–H and O–H groups in total. The molecular weight excluding hydrogens is 300 g/mol. The lowest BCUT2D eigenvalue weighted by atomic mass is 9.88. The molecule has 2 aliphatic rings. The van der Waals surface area contributed by atoms with Gasteiger partial charge in [0, 0.05) is 30.1 Å². The van der Waals surface area contributed by atoms with E-state index in [0.717, 1.165) is 48.7 Å². The van der Waals surface area contributed by atoms with Gasteiger partial charge in [-0.15, -0.1) is 10.2 Å². The Labute approximate surface area is 142 Å². The molecule has 4 rings (SSSR count). The van der Waals surface area contributed by atoms with Gasteiger partial charge in [-0.05, 0) is 49.9 Å². The van der Waals surface area contributed by atoms with E-state index in [4.69, 9.17) is 0 Å². The number of carbonyl (C=O) groups excluding carboxylic acids is 1. The number of hydrogen-bond donors (Lipinski definition) is 1. The van der Waals surface area contributed by atoms with Gasteiger partial charge in [0.15, 0.2) is 5.82 Å². The van der Waals surface area contributed by atoms with Crippen molar-refractivity contribution in [2.75, 3.05) is 5.32 Å². The van der Waals surface area contributed by atoms with Crippen molar-refractivity contribution in [2.45, 2.75) is 57.9 Å². The third kappa shape index (κ3) is 3.07. The zero-order chi connectivity index (χ0) is 16.4. The first-order valence-corrected chi connectivity index (χ1v) is 9.14. The molecule has 5 nitrogen and oxygen atoms in total. The quantitative estimate of drug-likeness (QED) is 0.934. The molecule has 24 heavy (non-hydrogen) atoms. The van der Waals surface area contributed by atoms with Crippen LogP contribution in [0.2, 0.25) is 0 Å². The second kappa shape index (κ2) is 6.75. The first-order valence-electron chi connectivity index (χ1n) is 9.14.